The van der Waals surface area contributed by atoms with Crippen LogP contribution in [0.2, 0.25) is 5.02 Å². The lowest BCUT2D eigenvalue weighted by atomic mass is 10.2. The Morgan fingerprint density at radius 1 is 1.10 bits per heavy atom. The van der Waals surface area contributed by atoms with Gasteiger partial charge in [-0.3, -0.25) is 4.98 Å². The molecule has 0 aliphatic rings. The summed E-state index contributed by atoms with van der Waals surface area (Å²) in [6.07, 6.45) is 0.0801. The molecular formula is C14H8ClF2N3O. The van der Waals surface area contributed by atoms with E-state index in [0.717, 1.165) is 0 Å². The van der Waals surface area contributed by atoms with Crippen LogP contribution in [0.25, 0.3) is 10.9 Å². The second kappa shape index (κ2) is 5.57. The Kier molecular flexibility index (Phi) is 3.62. The van der Waals surface area contributed by atoms with Crippen molar-refractivity contribution in [3.05, 3.63) is 53.6 Å². The molecule has 0 unspecified atom stereocenters. The average Bonchev–Trinajstić information content (AvgIpc) is 2.47. The molecule has 0 saturated heterocycles. The van der Waals surface area contributed by atoms with Gasteiger partial charge in [-0.2, -0.15) is 4.98 Å². The molecule has 3 rings (SSSR count). The van der Waals surface area contributed by atoms with E-state index in [1.807, 2.05) is 0 Å². The number of aromatic nitrogens is 3. The van der Waals surface area contributed by atoms with Gasteiger partial charge in [0.1, 0.15) is 5.75 Å². The van der Waals surface area contributed by atoms with Crippen LogP contribution in [0.15, 0.2) is 42.7 Å². The molecule has 0 aliphatic carbocycles. The molecule has 21 heavy (non-hydrogen) atoms. The van der Waals surface area contributed by atoms with Gasteiger partial charge in [0.05, 0.1) is 22.1 Å². The van der Waals surface area contributed by atoms with E-state index in [9.17, 15) is 8.78 Å². The van der Waals surface area contributed by atoms with Crippen molar-refractivity contribution in [3.63, 3.8) is 0 Å². The summed E-state index contributed by atoms with van der Waals surface area (Å²) in [4.78, 5) is 11.5. The number of hydrogen-bond acceptors (Lipinski definition) is 4. The van der Waals surface area contributed by atoms with Gasteiger partial charge in [-0.15, -0.1) is 0 Å². The zero-order valence-corrected chi connectivity index (χ0v) is 11.3. The molecule has 4 nitrogen and oxygen atoms in total. The molecule has 0 saturated carbocycles. The summed E-state index contributed by atoms with van der Waals surface area (Å²) in [7, 11) is 0. The predicted octanol–water partition coefficient (Wildman–Crippen LogP) is 4.41. The lowest BCUT2D eigenvalue weighted by Gasteiger charge is -2.09. The van der Waals surface area contributed by atoms with Crippen LogP contribution in [0.1, 0.15) is 12.2 Å². The van der Waals surface area contributed by atoms with Gasteiger partial charge >= 0.3 is 0 Å². The molecule has 106 valence electrons. The van der Waals surface area contributed by atoms with E-state index in [1.54, 1.807) is 24.3 Å². The Balaban J connectivity index is 2.11. The molecule has 0 fully saturated rings. The third kappa shape index (κ3) is 2.90. The van der Waals surface area contributed by atoms with Gasteiger partial charge in [0, 0.05) is 12.3 Å². The summed E-state index contributed by atoms with van der Waals surface area (Å²) in [5.41, 5.74) is 0.382. The molecule has 2 aromatic heterocycles. The number of pyridine rings is 1. The van der Waals surface area contributed by atoms with Crippen LogP contribution in [0.4, 0.5) is 8.78 Å². The smallest absolute Gasteiger partial charge is 0.297 e. The van der Waals surface area contributed by atoms with Crippen LogP contribution in [0, 0.1) is 0 Å². The van der Waals surface area contributed by atoms with Crippen molar-refractivity contribution in [2.45, 2.75) is 6.43 Å². The van der Waals surface area contributed by atoms with E-state index in [1.165, 1.54) is 18.5 Å². The minimum Gasteiger partial charge on any atom is -0.437 e. The maximum Gasteiger partial charge on any atom is 0.297 e. The van der Waals surface area contributed by atoms with Gasteiger partial charge in [-0.1, -0.05) is 23.7 Å². The Morgan fingerprint density at radius 3 is 2.67 bits per heavy atom. The monoisotopic (exact) mass is 307 g/mol. The molecule has 0 aliphatic heterocycles. The summed E-state index contributed by atoms with van der Waals surface area (Å²) in [6, 6.07) is 8.28. The molecule has 1 aromatic carbocycles. The maximum absolute atomic E-state index is 12.9. The van der Waals surface area contributed by atoms with Gasteiger partial charge in [-0.25, -0.2) is 13.8 Å². The van der Waals surface area contributed by atoms with Crippen molar-refractivity contribution in [3.8, 4) is 11.6 Å². The predicted molar refractivity (Wildman–Crippen MR) is 73.8 cm³/mol. The zero-order chi connectivity index (χ0) is 14.8. The number of ether oxygens (including phenoxy) is 1. The number of hydrogen-bond donors (Lipinski definition) is 0. The van der Waals surface area contributed by atoms with Gasteiger partial charge in [0.2, 0.25) is 5.88 Å². The van der Waals surface area contributed by atoms with Crippen molar-refractivity contribution in [2.24, 2.45) is 0 Å². The Hall–Kier alpha value is -2.34. The van der Waals surface area contributed by atoms with Gasteiger partial charge < -0.3 is 4.74 Å². The van der Waals surface area contributed by atoms with Crippen molar-refractivity contribution in [1.29, 1.82) is 0 Å². The Bertz CT molecular complexity index is 798. The molecule has 0 amide bonds. The standard InChI is InChI=1S/C14H8ClF2N3O/c15-8-5-9(7-18-6-8)21-14-10-3-1-2-4-11(10)19-13(20-14)12(16)17/h1-7,12H. The van der Waals surface area contributed by atoms with Crippen LogP contribution in [0.3, 0.4) is 0 Å². The number of alkyl halides is 2. The first-order valence-electron chi connectivity index (χ1n) is 5.97. The molecule has 2 heterocycles. The number of para-hydroxylation sites is 1. The minimum absolute atomic E-state index is 0.0416. The van der Waals surface area contributed by atoms with Crippen LogP contribution in [0.5, 0.6) is 11.6 Å². The molecule has 0 spiro atoms. The largest absolute Gasteiger partial charge is 0.437 e. The Morgan fingerprint density at radius 2 is 1.90 bits per heavy atom. The maximum atomic E-state index is 12.9. The molecule has 7 heteroatoms. The molecule has 0 atom stereocenters. The average molecular weight is 308 g/mol. The third-order valence-corrected chi connectivity index (χ3v) is 2.88. The minimum atomic E-state index is -2.78. The van der Waals surface area contributed by atoms with Gasteiger partial charge in [-0.05, 0) is 12.1 Å². The van der Waals surface area contributed by atoms with Crippen molar-refractivity contribution in [2.75, 3.05) is 0 Å². The second-order valence-electron chi connectivity index (χ2n) is 4.15. The first-order chi connectivity index (χ1) is 10.1. The fourth-order valence-electron chi connectivity index (χ4n) is 1.80. The van der Waals surface area contributed by atoms with Gasteiger partial charge in [0.25, 0.3) is 6.43 Å². The summed E-state index contributed by atoms with van der Waals surface area (Å²) < 4.78 is 31.3. The highest BCUT2D eigenvalue weighted by Gasteiger charge is 2.16. The van der Waals surface area contributed by atoms with Crippen molar-refractivity contribution < 1.29 is 13.5 Å². The second-order valence-corrected chi connectivity index (χ2v) is 4.58. The highest BCUT2D eigenvalue weighted by Crippen LogP contribution is 2.30. The first kappa shape index (κ1) is 13.6. The van der Waals surface area contributed by atoms with Crippen molar-refractivity contribution >= 4 is 22.5 Å². The summed E-state index contributed by atoms with van der Waals surface area (Å²) >= 11 is 5.82. The fraction of sp³-hybridized carbons (Fsp3) is 0.0714. The molecule has 0 N–H and O–H groups in total. The number of halogens is 3. The lowest BCUT2D eigenvalue weighted by molar-refractivity contribution is 0.140. The first-order valence-corrected chi connectivity index (χ1v) is 6.34. The quantitative estimate of drug-likeness (QED) is 0.719. The van der Waals surface area contributed by atoms with Crippen LogP contribution >= 0.6 is 11.6 Å². The third-order valence-electron chi connectivity index (χ3n) is 2.68. The number of rotatable bonds is 3. The van der Waals surface area contributed by atoms with E-state index < -0.39 is 12.2 Å². The van der Waals surface area contributed by atoms with Crippen molar-refractivity contribution in [1.82, 2.24) is 15.0 Å². The summed E-state index contributed by atoms with van der Waals surface area (Å²) in [5.74, 6) is -0.231. The number of nitrogens with zero attached hydrogens (tertiary/aromatic N) is 3. The number of fused-ring (bicyclic) bond motifs is 1. The molecule has 0 bridgehead atoms. The zero-order valence-electron chi connectivity index (χ0n) is 10.5. The summed E-state index contributed by atoms with van der Waals surface area (Å²) in [5, 5.41) is 0.904. The SMILES string of the molecule is FC(F)c1nc(Oc2cncc(Cl)c2)c2ccccc2n1. The van der Waals surface area contributed by atoms with Crippen LogP contribution < -0.4 is 4.74 Å². The highest BCUT2D eigenvalue weighted by molar-refractivity contribution is 6.30. The normalized spacial score (nSPS) is 11.0. The highest BCUT2D eigenvalue weighted by atomic mass is 35.5. The molecule has 3 aromatic rings. The molecule has 0 radical (unpaired) electrons. The topological polar surface area (TPSA) is 47.9 Å². The molecular weight excluding hydrogens is 300 g/mol. The summed E-state index contributed by atoms with van der Waals surface area (Å²) in [6.45, 7) is 0. The van der Waals surface area contributed by atoms with Crippen LogP contribution in [-0.2, 0) is 0 Å². The van der Waals surface area contributed by atoms with E-state index >= 15 is 0 Å². The van der Waals surface area contributed by atoms with Gasteiger partial charge in [0.15, 0.2) is 5.82 Å². The number of benzene rings is 1. The van der Waals surface area contributed by atoms with E-state index in [4.69, 9.17) is 16.3 Å². The van der Waals surface area contributed by atoms with E-state index in [-0.39, 0.29) is 5.88 Å². The van der Waals surface area contributed by atoms with E-state index in [0.29, 0.717) is 21.7 Å². The van der Waals surface area contributed by atoms with Crippen LogP contribution in [-0.4, -0.2) is 15.0 Å². The van der Waals surface area contributed by atoms with E-state index in [2.05, 4.69) is 15.0 Å². The Labute approximate surface area is 123 Å². The lowest BCUT2D eigenvalue weighted by Crippen LogP contribution is -1.99. The fourth-order valence-corrected chi connectivity index (χ4v) is 1.96.